The fourth-order valence-electron chi connectivity index (χ4n) is 4.15. The molecule has 0 unspecified atom stereocenters. The zero-order chi connectivity index (χ0) is 19.4. The quantitative estimate of drug-likeness (QED) is 0.711. The van der Waals surface area contributed by atoms with Gasteiger partial charge < -0.3 is 20.6 Å². The van der Waals surface area contributed by atoms with Gasteiger partial charge >= 0.3 is 0 Å². The number of carbonyl (C=O) groups is 2. The third kappa shape index (κ3) is 6.28. The minimum Gasteiger partial charge on any atom is -0.391 e. The van der Waals surface area contributed by atoms with Crippen LogP contribution in [-0.4, -0.2) is 70.0 Å². The Hall–Kier alpha value is -1.41. The summed E-state index contributed by atoms with van der Waals surface area (Å²) < 4.78 is 0. The van der Waals surface area contributed by atoms with E-state index in [-0.39, 0.29) is 42.0 Å². The Morgan fingerprint density at radius 3 is 2.45 bits per heavy atom. The first-order valence-electron chi connectivity index (χ1n) is 9.79. The first-order chi connectivity index (χ1) is 12.9. The fraction of sp³-hybridized carbons (Fsp3) is 0.650. The third-order valence-electron chi connectivity index (χ3n) is 6.11. The maximum atomic E-state index is 12.4. The van der Waals surface area contributed by atoms with E-state index in [4.69, 9.17) is 5.73 Å². The van der Waals surface area contributed by atoms with Gasteiger partial charge in [0, 0.05) is 45.0 Å². The number of amides is 2. The van der Waals surface area contributed by atoms with E-state index in [2.05, 4.69) is 4.98 Å². The summed E-state index contributed by atoms with van der Waals surface area (Å²) >= 11 is 0. The number of aromatic nitrogens is 1. The number of hydrogen-bond acceptors (Lipinski definition) is 5. The highest BCUT2D eigenvalue weighted by atomic mass is 35.5. The van der Waals surface area contributed by atoms with Gasteiger partial charge in [0.05, 0.1) is 6.10 Å². The molecule has 1 spiro atoms. The molecule has 2 saturated heterocycles. The number of likely N-dealkylation sites (tertiary alicyclic amines) is 2. The van der Waals surface area contributed by atoms with E-state index < -0.39 is 12.1 Å². The average molecular weight is 447 g/mol. The number of nitrogens with zero attached hydrogens (tertiary/aromatic N) is 3. The Bertz CT molecular complexity index is 667. The second-order valence-corrected chi connectivity index (χ2v) is 8.01. The summed E-state index contributed by atoms with van der Waals surface area (Å²) in [5, 5.41) is 9.56. The minimum absolute atomic E-state index is 0. The molecule has 164 valence electrons. The zero-order valence-electron chi connectivity index (χ0n) is 16.8. The summed E-state index contributed by atoms with van der Waals surface area (Å²) in [5.41, 5.74) is 7.08. The zero-order valence-corrected chi connectivity index (χ0v) is 18.5. The number of piperidine rings is 2. The number of aliphatic hydroxyl groups excluding tert-OH is 1. The van der Waals surface area contributed by atoms with E-state index in [1.165, 1.54) is 5.56 Å². The predicted octanol–water partition coefficient (Wildman–Crippen LogP) is 1.41. The molecule has 2 aliphatic heterocycles. The topological polar surface area (TPSA) is 99.8 Å². The van der Waals surface area contributed by atoms with Crippen molar-refractivity contribution in [1.82, 2.24) is 14.8 Å². The van der Waals surface area contributed by atoms with E-state index in [1.807, 2.05) is 17.0 Å². The smallest absolute Gasteiger partial charge is 0.242 e. The van der Waals surface area contributed by atoms with Crippen molar-refractivity contribution >= 4 is 36.6 Å². The van der Waals surface area contributed by atoms with Gasteiger partial charge in [0.15, 0.2) is 0 Å². The molecular formula is C20H32Cl2N4O3. The number of pyridine rings is 1. The van der Waals surface area contributed by atoms with Crippen molar-refractivity contribution in [3.8, 4) is 0 Å². The van der Waals surface area contributed by atoms with E-state index in [9.17, 15) is 14.7 Å². The van der Waals surface area contributed by atoms with Gasteiger partial charge in [-0.25, -0.2) is 0 Å². The second-order valence-electron chi connectivity index (χ2n) is 8.01. The van der Waals surface area contributed by atoms with E-state index in [0.717, 1.165) is 38.8 Å². The van der Waals surface area contributed by atoms with Crippen LogP contribution in [0.2, 0.25) is 0 Å². The van der Waals surface area contributed by atoms with Crippen LogP contribution < -0.4 is 5.73 Å². The standard InChI is InChI=1S/C20H30N4O3.2ClH/c1-15(25)18(21)19(27)23-12-7-20(8-13-23)6-2-17(26)24(14-20)11-5-16-3-9-22-10-4-16;;/h3-4,9-10,15,18,25H,2,5-8,11-14,21H2,1H3;2*1H/t15-,18+;;/m0../s1. The highest BCUT2D eigenvalue weighted by Gasteiger charge is 2.42. The van der Waals surface area contributed by atoms with Crippen molar-refractivity contribution in [3.05, 3.63) is 30.1 Å². The number of hydrogen-bond donors (Lipinski definition) is 2. The fourth-order valence-corrected chi connectivity index (χ4v) is 4.15. The Labute approximate surface area is 184 Å². The lowest BCUT2D eigenvalue weighted by Crippen LogP contribution is -2.56. The van der Waals surface area contributed by atoms with Crippen LogP contribution in [0.4, 0.5) is 0 Å². The largest absolute Gasteiger partial charge is 0.391 e. The number of carbonyl (C=O) groups excluding carboxylic acids is 2. The van der Waals surface area contributed by atoms with Crippen LogP contribution in [0.25, 0.3) is 0 Å². The lowest BCUT2D eigenvalue weighted by atomic mass is 9.72. The Balaban J connectivity index is 0.00000210. The summed E-state index contributed by atoms with van der Waals surface area (Å²) in [6.45, 7) is 4.32. The molecule has 7 nitrogen and oxygen atoms in total. The molecule has 0 radical (unpaired) electrons. The molecule has 3 rings (SSSR count). The number of halogens is 2. The maximum Gasteiger partial charge on any atom is 0.242 e. The van der Waals surface area contributed by atoms with Crippen molar-refractivity contribution in [1.29, 1.82) is 0 Å². The molecule has 0 aliphatic carbocycles. The molecule has 1 aromatic heterocycles. The van der Waals surface area contributed by atoms with Crippen LogP contribution in [0.1, 0.15) is 38.2 Å². The van der Waals surface area contributed by atoms with Crippen molar-refractivity contribution in [2.75, 3.05) is 26.2 Å². The number of nitrogens with two attached hydrogens (primary N) is 1. The molecule has 2 atom stereocenters. The summed E-state index contributed by atoms with van der Waals surface area (Å²) in [5.74, 6) is 0.0468. The van der Waals surface area contributed by atoms with E-state index in [0.29, 0.717) is 19.5 Å². The van der Waals surface area contributed by atoms with Crippen LogP contribution in [-0.2, 0) is 16.0 Å². The van der Waals surface area contributed by atoms with Crippen molar-refractivity contribution in [3.63, 3.8) is 0 Å². The van der Waals surface area contributed by atoms with E-state index in [1.54, 1.807) is 24.2 Å². The molecule has 2 aliphatic rings. The molecule has 0 bridgehead atoms. The lowest BCUT2D eigenvalue weighted by Gasteiger charge is -2.47. The molecular weight excluding hydrogens is 415 g/mol. The first kappa shape index (κ1) is 25.6. The molecule has 3 heterocycles. The molecule has 0 saturated carbocycles. The van der Waals surface area contributed by atoms with Gasteiger partial charge in [-0.2, -0.15) is 0 Å². The second kappa shape index (κ2) is 11.1. The van der Waals surface area contributed by atoms with Crippen LogP contribution in [0.5, 0.6) is 0 Å². The van der Waals surface area contributed by atoms with Gasteiger partial charge in [0.2, 0.25) is 11.8 Å². The highest BCUT2D eigenvalue weighted by molar-refractivity contribution is 5.85. The van der Waals surface area contributed by atoms with Gasteiger partial charge in [-0.3, -0.25) is 14.6 Å². The third-order valence-corrected chi connectivity index (χ3v) is 6.11. The predicted molar refractivity (Wildman–Crippen MR) is 116 cm³/mol. The van der Waals surface area contributed by atoms with Crippen molar-refractivity contribution in [2.45, 2.75) is 51.2 Å². The Kier molecular flexibility index (Phi) is 9.82. The van der Waals surface area contributed by atoms with Gasteiger partial charge in [0.25, 0.3) is 0 Å². The molecule has 0 aromatic carbocycles. The summed E-state index contributed by atoms with van der Waals surface area (Å²) in [6.07, 6.45) is 6.77. The van der Waals surface area contributed by atoms with Crippen LogP contribution in [0, 0.1) is 5.41 Å². The molecule has 1 aromatic rings. The lowest BCUT2D eigenvalue weighted by molar-refractivity contribution is -0.143. The summed E-state index contributed by atoms with van der Waals surface area (Å²) in [6, 6.07) is 3.11. The van der Waals surface area contributed by atoms with Crippen molar-refractivity contribution in [2.24, 2.45) is 11.1 Å². The van der Waals surface area contributed by atoms with E-state index >= 15 is 0 Å². The van der Waals surface area contributed by atoms with Crippen LogP contribution in [0.3, 0.4) is 0 Å². The minimum atomic E-state index is -0.858. The van der Waals surface area contributed by atoms with Crippen LogP contribution in [0.15, 0.2) is 24.5 Å². The maximum absolute atomic E-state index is 12.4. The molecule has 2 amide bonds. The normalized spacial score (nSPS) is 20.4. The van der Waals surface area contributed by atoms with Crippen LogP contribution >= 0.6 is 24.8 Å². The molecule has 2 fully saturated rings. The summed E-state index contributed by atoms with van der Waals surface area (Å²) in [4.78, 5) is 32.5. The van der Waals surface area contributed by atoms with Crippen molar-refractivity contribution < 1.29 is 14.7 Å². The number of rotatable bonds is 5. The van der Waals surface area contributed by atoms with Gasteiger partial charge in [-0.15, -0.1) is 24.8 Å². The van der Waals surface area contributed by atoms with Gasteiger partial charge in [0.1, 0.15) is 6.04 Å². The Morgan fingerprint density at radius 2 is 1.86 bits per heavy atom. The highest BCUT2D eigenvalue weighted by Crippen LogP contribution is 2.40. The SMILES string of the molecule is C[C@H](O)[C@@H](N)C(=O)N1CCC2(CCC(=O)N(CCc3ccncc3)C2)CC1.Cl.Cl. The summed E-state index contributed by atoms with van der Waals surface area (Å²) in [7, 11) is 0. The van der Waals surface area contributed by atoms with Gasteiger partial charge in [-0.1, -0.05) is 0 Å². The molecule has 29 heavy (non-hydrogen) atoms. The van der Waals surface area contributed by atoms with Gasteiger partial charge in [-0.05, 0) is 55.7 Å². The first-order valence-corrected chi connectivity index (χ1v) is 9.79. The monoisotopic (exact) mass is 446 g/mol. The molecule has 9 heteroatoms. The molecule has 3 N–H and O–H groups in total. The average Bonchev–Trinajstić information content (AvgIpc) is 2.69. The Morgan fingerprint density at radius 1 is 1.24 bits per heavy atom. The number of aliphatic hydroxyl groups is 1.